The van der Waals surface area contributed by atoms with Gasteiger partial charge >= 0.3 is 0 Å². The van der Waals surface area contributed by atoms with Crippen molar-refractivity contribution in [2.24, 2.45) is 0 Å². The molecule has 7 heteroatoms. The number of carbonyl (C=O) groups excluding carboxylic acids is 1. The number of hydrogen-bond acceptors (Lipinski definition) is 4. The monoisotopic (exact) mass is 407 g/mol. The van der Waals surface area contributed by atoms with E-state index in [0.717, 1.165) is 43.4 Å². The average Bonchev–Trinajstić information content (AvgIpc) is 2.67. The fourth-order valence-corrected chi connectivity index (χ4v) is 4.05. The van der Waals surface area contributed by atoms with Gasteiger partial charge in [0, 0.05) is 43.4 Å². The molecule has 27 heavy (non-hydrogen) atoms. The number of benzene rings is 2. The summed E-state index contributed by atoms with van der Waals surface area (Å²) >= 11 is 7.81. The second kappa shape index (κ2) is 10.1. The van der Waals surface area contributed by atoms with E-state index in [0.29, 0.717) is 17.3 Å². The number of halogens is 2. The summed E-state index contributed by atoms with van der Waals surface area (Å²) < 4.78 is 12.9. The SMILES string of the molecule is O=C(CN1CCN(CCSc2ccc(F)cc2)CC1)Nc1ccccc1Cl. The van der Waals surface area contributed by atoms with Crippen LogP contribution in [0.4, 0.5) is 10.1 Å². The Labute approximate surface area is 168 Å². The quantitative estimate of drug-likeness (QED) is 0.707. The van der Waals surface area contributed by atoms with Gasteiger partial charge in [-0.05, 0) is 36.4 Å². The maximum absolute atomic E-state index is 12.9. The number of piperazine rings is 1. The van der Waals surface area contributed by atoms with E-state index in [4.69, 9.17) is 11.6 Å². The van der Waals surface area contributed by atoms with E-state index in [1.165, 1.54) is 12.1 Å². The van der Waals surface area contributed by atoms with Gasteiger partial charge in [-0.1, -0.05) is 23.7 Å². The zero-order valence-corrected chi connectivity index (χ0v) is 16.6. The van der Waals surface area contributed by atoms with Crippen LogP contribution in [0, 0.1) is 5.82 Å². The largest absolute Gasteiger partial charge is 0.324 e. The number of para-hydroxylation sites is 1. The molecule has 1 heterocycles. The van der Waals surface area contributed by atoms with Crippen LogP contribution in [0.1, 0.15) is 0 Å². The van der Waals surface area contributed by atoms with Crippen LogP contribution in [-0.2, 0) is 4.79 Å². The van der Waals surface area contributed by atoms with Gasteiger partial charge < -0.3 is 5.32 Å². The Morgan fingerprint density at radius 2 is 1.70 bits per heavy atom. The fourth-order valence-electron chi connectivity index (χ4n) is 2.95. The minimum atomic E-state index is -0.200. The number of rotatable bonds is 7. The molecule has 0 aromatic heterocycles. The minimum Gasteiger partial charge on any atom is -0.324 e. The van der Waals surface area contributed by atoms with Gasteiger partial charge in [0.15, 0.2) is 0 Å². The van der Waals surface area contributed by atoms with Crippen LogP contribution in [0.2, 0.25) is 5.02 Å². The minimum absolute atomic E-state index is 0.0385. The highest BCUT2D eigenvalue weighted by Gasteiger charge is 2.19. The molecule has 1 fully saturated rings. The highest BCUT2D eigenvalue weighted by molar-refractivity contribution is 7.99. The number of amides is 1. The predicted molar refractivity (Wildman–Crippen MR) is 110 cm³/mol. The summed E-state index contributed by atoms with van der Waals surface area (Å²) in [4.78, 5) is 17.9. The molecule has 1 saturated heterocycles. The Kier molecular flexibility index (Phi) is 7.52. The molecule has 1 N–H and O–H groups in total. The number of hydrogen-bond donors (Lipinski definition) is 1. The second-order valence-corrected chi connectivity index (χ2v) is 8.02. The van der Waals surface area contributed by atoms with Crippen LogP contribution in [0.5, 0.6) is 0 Å². The first kappa shape index (κ1) is 20.1. The number of anilines is 1. The highest BCUT2D eigenvalue weighted by atomic mass is 35.5. The molecule has 4 nitrogen and oxygen atoms in total. The summed E-state index contributed by atoms with van der Waals surface area (Å²) in [5.74, 6) is 0.732. The zero-order chi connectivity index (χ0) is 19.1. The van der Waals surface area contributed by atoms with E-state index < -0.39 is 0 Å². The zero-order valence-electron chi connectivity index (χ0n) is 15.0. The van der Waals surface area contributed by atoms with Crippen molar-refractivity contribution in [1.82, 2.24) is 9.80 Å². The lowest BCUT2D eigenvalue weighted by atomic mass is 10.3. The third-order valence-electron chi connectivity index (χ3n) is 4.47. The molecule has 0 spiro atoms. The molecule has 2 aromatic rings. The smallest absolute Gasteiger partial charge is 0.238 e. The van der Waals surface area contributed by atoms with Crippen molar-refractivity contribution in [1.29, 1.82) is 0 Å². The molecule has 2 aromatic carbocycles. The molecule has 0 radical (unpaired) electrons. The lowest BCUT2D eigenvalue weighted by Crippen LogP contribution is -2.49. The topological polar surface area (TPSA) is 35.6 Å². The van der Waals surface area contributed by atoms with Crippen molar-refractivity contribution in [3.05, 3.63) is 59.4 Å². The lowest BCUT2D eigenvalue weighted by Gasteiger charge is -2.34. The van der Waals surface area contributed by atoms with Gasteiger partial charge in [-0.2, -0.15) is 0 Å². The molecule has 0 unspecified atom stereocenters. The van der Waals surface area contributed by atoms with Gasteiger partial charge in [0.1, 0.15) is 5.82 Å². The van der Waals surface area contributed by atoms with Crippen molar-refractivity contribution in [2.75, 3.05) is 50.3 Å². The molecule has 1 aliphatic heterocycles. The molecule has 0 saturated carbocycles. The summed E-state index contributed by atoms with van der Waals surface area (Å²) in [5, 5.41) is 3.42. The van der Waals surface area contributed by atoms with E-state index >= 15 is 0 Å². The average molecular weight is 408 g/mol. The summed E-state index contributed by atoms with van der Waals surface area (Å²) in [5.41, 5.74) is 0.653. The van der Waals surface area contributed by atoms with Gasteiger partial charge in [0.05, 0.1) is 17.3 Å². The van der Waals surface area contributed by atoms with Gasteiger partial charge in [-0.15, -0.1) is 11.8 Å². The number of thioether (sulfide) groups is 1. The molecular formula is C20H23ClFN3OS. The first-order chi connectivity index (χ1) is 13.1. The summed E-state index contributed by atoms with van der Waals surface area (Å²) in [6.45, 7) is 5.01. The van der Waals surface area contributed by atoms with Gasteiger partial charge in [0.2, 0.25) is 5.91 Å². The summed E-state index contributed by atoms with van der Waals surface area (Å²) in [6, 6.07) is 13.9. The second-order valence-electron chi connectivity index (χ2n) is 6.45. The standard InChI is InChI=1S/C20H23ClFN3OS/c21-18-3-1-2-4-19(18)23-20(26)15-25-11-9-24(10-12-25)13-14-27-17-7-5-16(22)6-8-17/h1-8H,9-15H2,(H,23,26). The van der Waals surface area contributed by atoms with E-state index in [1.807, 2.05) is 24.3 Å². The van der Waals surface area contributed by atoms with Gasteiger partial charge in [0.25, 0.3) is 0 Å². The van der Waals surface area contributed by atoms with Gasteiger partial charge in [-0.25, -0.2) is 4.39 Å². The molecule has 0 atom stereocenters. The Morgan fingerprint density at radius 3 is 2.41 bits per heavy atom. The number of nitrogens with one attached hydrogen (secondary N) is 1. The van der Waals surface area contributed by atoms with Crippen LogP contribution in [0.25, 0.3) is 0 Å². The Hall–Kier alpha value is -1.60. The molecule has 1 aliphatic rings. The summed E-state index contributed by atoms with van der Waals surface area (Å²) in [6.07, 6.45) is 0. The Balaban J connectivity index is 1.34. The fraction of sp³-hybridized carbons (Fsp3) is 0.350. The van der Waals surface area contributed by atoms with E-state index in [2.05, 4.69) is 15.1 Å². The van der Waals surface area contributed by atoms with Crippen LogP contribution in [0.3, 0.4) is 0 Å². The van der Waals surface area contributed by atoms with Crippen molar-refractivity contribution in [3.63, 3.8) is 0 Å². The maximum Gasteiger partial charge on any atom is 0.238 e. The Morgan fingerprint density at radius 1 is 1.04 bits per heavy atom. The first-order valence-electron chi connectivity index (χ1n) is 8.97. The van der Waals surface area contributed by atoms with E-state index in [9.17, 15) is 9.18 Å². The third-order valence-corrected chi connectivity index (χ3v) is 5.79. The molecule has 3 rings (SSSR count). The van der Waals surface area contributed by atoms with Crippen LogP contribution < -0.4 is 5.32 Å². The van der Waals surface area contributed by atoms with Gasteiger partial charge in [-0.3, -0.25) is 14.6 Å². The van der Waals surface area contributed by atoms with Crippen molar-refractivity contribution in [2.45, 2.75) is 4.90 Å². The normalized spacial score (nSPS) is 15.6. The van der Waals surface area contributed by atoms with Crippen LogP contribution in [0.15, 0.2) is 53.4 Å². The molecule has 144 valence electrons. The summed E-state index contributed by atoms with van der Waals surface area (Å²) in [7, 11) is 0. The number of carbonyl (C=O) groups is 1. The molecule has 0 bridgehead atoms. The third kappa shape index (κ3) is 6.50. The molecular weight excluding hydrogens is 385 g/mol. The maximum atomic E-state index is 12.9. The Bertz CT molecular complexity index is 751. The van der Waals surface area contributed by atoms with E-state index in [1.54, 1.807) is 23.9 Å². The van der Waals surface area contributed by atoms with Crippen molar-refractivity contribution >= 4 is 35.0 Å². The van der Waals surface area contributed by atoms with Crippen molar-refractivity contribution < 1.29 is 9.18 Å². The van der Waals surface area contributed by atoms with Crippen LogP contribution >= 0.6 is 23.4 Å². The first-order valence-corrected chi connectivity index (χ1v) is 10.3. The van der Waals surface area contributed by atoms with E-state index in [-0.39, 0.29) is 11.7 Å². The number of nitrogens with zero attached hydrogens (tertiary/aromatic N) is 2. The predicted octanol–water partition coefficient (Wildman–Crippen LogP) is 3.83. The molecule has 0 aliphatic carbocycles. The highest BCUT2D eigenvalue weighted by Crippen LogP contribution is 2.20. The van der Waals surface area contributed by atoms with Crippen LogP contribution in [-0.4, -0.2) is 60.7 Å². The van der Waals surface area contributed by atoms with Crippen molar-refractivity contribution in [3.8, 4) is 0 Å². The lowest BCUT2D eigenvalue weighted by molar-refractivity contribution is -0.117. The molecule has 1 amide bonds.